The van der Waals surface area contributed by atoms with E-state index in [9.17, 15) is 0 Å². The molecule has 0 bridgehead atoms. The van der Waals surface area contributed by atoms with Crippen molar-refractivity contribution in [3.8, 4) is 5.82 Å². The third-order valence-corrected chi connectivity index (χ3v) is 2.47. The molecule has 0 saturated heterocycles. The average Bonchev–Trinajstić information content (AvgIpc) is 2.67. The minimum Gasteiger partial charge on any atom is -0.308 e. The molecule has 15 heavy (non-hydrogen) atoms. The van der Waals surface area contributed by atoms with Crippen LogP contribution in [0.4, 0.5) is 0 Å². The second kappa shape index (κ2) is 3.54. The van der Waals surface area contributed by atoms with Gasteiger partial charge in [0.15, 0.2) is 0 Å². The number of aromatic nitrogens is 2. The van der Waals surface area contributed by atoms with E-state index in [1.807, 2.05) is 24.4 Å². The molecule has 2 heterocycles. The van der Waals surface area contributed by atoms with E-state index in [2.05, 4.69) is 48.8 Å². The molecule has 2 aromatic rings. The maximum atomic E-state index is 4.31. The summed E-state index contributed by atoms with van der Waals surface area (Å²) in [6.45, 7) is 6.64. The minimum absolute atomic E-state index is 0.194. The van der Waals surface area contributed by atoms with E-state index in [0.29, 0.717) is 0 Å². The number of nitrogens with zero attached hydrogens (tertiary/aromatic N) is 2. The van der Waals surface area contributed by atoms with Crippen LogP contribution in [0.15, 0.2) is 42.9 Å². The molecule has 0 spiro atoms. The van der Waals surface area contributed by atoms with Crippen LogP contribution >= 0.6 is 0 Å². The van der Waals surface area contributed by atoms with Crippen molar-refractivity contribution in [3.05, 3.63) is 48.4 Å². The Balaban J connectivity index is 2.37. The summed E-state index contributed by atoms with van der Waals surface area (Å²) in [6.07, 6.45) is 6.01. The maximum absolute atomic E-state index is 4.31. The molecule has 2 rings (SSSR count). The summed E-state index contributed by atoms with van der Waals surface area (Å²) in [6, 6.07) is 8.08. The molecule has 0 saturated carbocycles. The van der Waals surface area contributed by atoms with Gasteiger partial charge < -0.3 is 4.57 Å². The summed E-state index contributed by atoms with van der Waals surface area (Å²) < 4.78 is 2.06. The van der Waals surface area contributed by atoms with Crippen LogP contribution in [-0.2, 0) is 5.41 Å². The van der Waals surface area contributed by atoms with Crippen LogP contribution in [0.1, 0.15) is 26.3 Å². The Kier molecular flexibility index (Phi) is 2.35. The normalized spacial score (nSPS) is 11.7. The van der Waals surface area contributed by atoms with E-state index in [4.69, 9.17) is 0 Å². The van der Waals surface area contributed by atoms with Crippen LogP contribution in [0.3, 0.4) is 0 Å². The monoisotopic (exact) mass is 200 g/mol. The highest BCUT2D eigenvalue weighted by molar-refractivity contribution is 5.28. The number of rotatable bonds is 1. The van der Waals surface area contributed by atoms with Gasteiger partial charge in [0, 0.05) is 18.6 Å². The molecule has 2 heteroatoms. The van der Waals surface area contributed by atoms with Gasteiger partial charge in [-0.3, -0.25) is 0 Å². The summed E-state index contributed by atoms with van der Waals surface area (Å²) in [5, 5.41) is 0. The quantitative estimate of drug-likeness (QED) is 0.691. The fourth-order valence-electron chi connectivity index (χ4n) is 1.49. The summed E-state index contributed by atoms with van der Waals surface area (Å²) in [5.74, 6) is 0.966. The fourth-order valence-corrected chi connectivity index (χ4v) is 1.49. The van der Waals surface area contributed by atoms with Gasteiger partial charge in [0.2, 0.25) is 0 Å². The van der Waals surface area contributed by atoms with Crippen molar-refractivity contribution in [1.29, 1.82) is 0 Å². The molecule has 0 aliphatic rings. The zero-order chi connectivity index (χ0) is 10.9. The molecule has 0 atom stereocenters. The van der Waals surface area contributed by atoms with E-state index < -0.39 is 0 Å². The average molecular weight is 200 g/mol. The topological polar surface area (TPSA) is 17.8 Å². The first-order chi connectivity index (χ1) is 7.07. The predicted molar refractivity (Wildman–Crippen MR) is 62.3 cm³/mol. The Hall–Kier alpha value is -1.57. The van der Waals surface area contributed by atoms with E-state index >= 15 is 0 Å². The second-order valence-corrected chi connectivity index (χ2v) is 4.75. The number of pyridine rings is 1. The van der Waals surface area contributed by atoms with Crippen LogP contribution in [0.5, 0.6) is 0 Å². The Labute approximate surface area is 90.6 Å². The third kappa shape index (κ3) is 2.09. The molecule has 0 fully saturated rings. The first-order valence-electron chi connectivity index (χ1n) is 5.17. The maximum Gasteiger partial charge on any atom is 0.136 e. The smallest absolute Gasteiger partial charge is 0.136 e. The lowest BCUT2D eigenvalue weighted by Gasteiger charge is -2.15. The lowest BCUT2D eigenvalue weighted by atomic mass is 9.89. The van der Waals surface area contributed by atoms with Gasteiger partial charge in [-0.15, -0.1) is 0 Å². The van der Waals surface area contributed by atoms with E-state index in [-0.39, 0.29) is 5.41 Å². The molecule has 0 aliphatic heterocycles. The van der Waals surface area contributed by atoms with Gasteiger partial charge in [-0.05, 0) is 29.2 Å². The molecule has 0 aromatic carbocycles. The molecule has 2 nitrogen and oxygen atoms in total. The highest BCUT2D eigenvalue weighted by Crippen LogP contribution is 2.23. The Morgan fingerprint density at radius 1 is 1.13 bits per heavy atom. The third-order valence-electron chi connectivity index (χ3n) is 2.47. The molecule has 0 aliphatic carbocycles. The summed E-state index contributed by atoms with van der Waals surface area (Å²) >= 11 is 0. The highest BCUT2D eigenvalue weighted by Gasteiger charge is 2.14. The van der Waals surface area contributed by atoms with Gasteiger partial charge >= 0.3 is 0 Å². The van der Waals surface area contributed by atoms with Crippen molar-refractivity contribution in [1.82, 2.24) is 9.55 Å². The molecular formula is C13H16N2. The zero-order valence-electron chi connectivity index (χ0n) is 9.44. The van der Waals surface area contributed by atoms with Gasteiger partial charge in [-0.1, -0.05) is 26.8 Å². The van der Waals surface area contributed by atoms with Crippen LogP contribution < -0.4 is 0 Å². The molecule has 0 amide bonds. The van der Waals surface area contributed by atoms with E-state index in [1.165, 1.54) is 5.56 Å². The van der Waals surface area contributed by atoms with Crippen LogP contribution in [0.2, 0.25) is 0 Å². The first-order valence-corrected chi connectivity index (χ1v) is 5.17. The Morgan fingerprint density at radius 2 is 1.93 bits per heavy atom. The van der Waals surface area contributed by atoms with Crippen LogP contribution in [0.25, 0.3) is 5.82 Å². The molecular weight excluding hydrogens is 184 g/mol. The van der Waals surface area contributed by atoms with Crippen molar-refractivity contribution >= 4 is 0 Å². The van der Waals surface area contributed by atoms with Gasteiger partial charge in [-0.2, -0.15) is 0 Å². The highest BCUT2D eigenvalue weighted by atomic mass is 15.0. The molecule has 78 valence electrons. The lowest BCUT2D eigenvalue weighted by molar-refractivity contribution is 0.590. The molecule has 2 aromatic heterocycles. The summed E-state index contributed by atoms with van der Waals surface area (Å²) in [4.78, 5) is 4.31. The zero-order valence-corrected chi connectivity index (χ0v) is 9.44. The minimum atomic E-state index is 0.194. The molecule has 0 unspecified atom stereocenters. The van der Waals surface area contributed by atoms with E-state index in [1.54, 1.807) is 0 Å². The number of hydrogen-bond donors (Lipinski definition) is 0. The summed E-state index contributed by atoms with van der Waals surface area (Å²) in [7, 11) is 0. The van der Waals surface area contributed by atoms with Gasteiger partial charge in [0.1, 0.15) is 5.82 Å². The second-order valence-electron chi connectivity index (χ2n) is 4.75. The lowest BCUT2D eigenvalue weighted by Crippen LogP contribution is -2.09. The van der Waals surface area contributed by atoms with Crippen molar-refractivity contribution in [3.63, 3.8) is 0 Å². The molecule has 0 radical (unpaired) electrons. The Morgan fingerprint density at radius 3 is 2.47 bits per heavy atom. The van der Waals surface area contributed by atoms with Crippen LogP contribution in [0, 0.1) is 0 Å². The predicted octanol–water partition coefficient (Wildman–Crippen LogP) is 3.17. The fraction of sp³-hybridized carbons (Fsp3) is 0.308. The van der Waals surface area contributed by atoms with Crippen LogP contribution in [-0.4, -0.2) is 9.55 Å². The largest absolute Gasteiger partial charge is 0.308 e. The van der Waals surface area contributed by atoms with Gasteiger partial charge in [-0.25, -0.2) is 4.98 Å². The SMILES string of the molecule is CC(C)(C)c1ccn(-c2ccccn2)c1. The van der Waals surface area contributed by atoms with Crippen molar-refractivity contribution < 1.29 is 0 Å². The number of hydrogen-bond acceptors (Lipinski definition) is 1. The van der Waals surface area contributed by atoms with Gasteiger partial charge in [0.25, 0.3) is 0 Å². The van der Waals surface area contributed by atoms with Crippen molar-refractivity contribution in [2.75, 3.05) is 0 Å². The van der Waals surface area contributed by atoms with Crippen molar-refractivity contribution in [2.45, 2.75) is 26.2 Å². The van der Waals surface area contributed by atoms with Crippen molar-refractivity contribution in [2.24, 2.45) is 0 Å². The summed E-state index contributed by atoms with van der Waals surface area (Å²) in [5.41, 5.74) is 1.52. The first kappa shape index (κ1) is 9.97. The Bertz CT molecular complexity index is 435. The standard InChI is InChI=1S/C13H16N2/c1-13(2,3)11-7-9-15(10-11)12-6-4-5-8-14-12/h4-10H,1-3H3. The molecule has 0 N–H and O–H groups in total. The van der Waals surface area contributed by atoms with Gasteiger partial charge in [0.05, 0.1) is 0 Å². The van der Waals surface area contributed by atoms with E-state index in [0.717, 1.165) is 5.82 Å².